The van der Waals surface area contributed by atoms with Crippen LogP contribution in [0.4, 0.5) is 10.1 Å². The maximum absolute atomic E-state index is 13.8. The number of para-hydroxylation sites is 2. The highest BCUT2D eigenvalue weighted by Crippen LogP contribution is 2.20. The Kier molecular flexibility index (Phi) is 4.62. The molecular weight excluding hydrogens is 317 g/mol. The van der Waals surface area contributed by atoms with Gasteiger partial charge >= 0.3 is 0 Å². The second kappa shape index (κ2) is 7.01. The zero-order valence-electron chi connectivity index (χ0n) is 11.9. The molecule has 0 radical (unpaired) electrons. The van der Waals surface area contributed by atoms with Crippen molar-refractivity contribution in [1.82, 2.24) is 20.2 Å². The molecule has 116 valence electrons. The van der Waals surface area contributed by atoms with Crippen molar-refractivity contribution >= 4 is 23.4 Å². The Bertz CT molecular complexity index is 808. The van der Waals surface area contributed by atoms with E-state index >= 15 is 0 Å². The van der Waals surface area contributed by atoms with Gasteiger partial charge in [-0.15, -0.1) is 5.10 Å². The molecule has 0 aliphatic rings. The fourth-order valence-electron chi connectivity index (χ4n) is 1.89. The van der Waals surface area contributed by atoms with Gasteiger partial charge in [-0.3, -0.25) is 4.79 Å². The first-order valence-electron chi connectivity index (χ1n) is 6.75. The van der Waals surface area contributed by atoms with Crippen LogP contribution in [0.5, 0.6) is 0 Å². The normalized spacial score (nSPS) is 10.5. The van der Waals surface area contributed by atoms with Gasteiger partial charge in [0.2, 0.25) is 11.1 Å². The zero-order valence-corrected chi connectivity index (χ0v) is 12.7. The molecule has 3 aromatic rings. The maximum atomic E-state index is 13.8. The number of rotatable bonds is 5. The predicted molar refractivity (Wildman–Crippen MR) is 84.9 cm³/mol. The summed E-state index contributed by atoms with van der Waals surface area (Å²) < 4.78 is 15.1. The molecule has 1 aromatic heterocycles. The summed E-state index contributed by atoms with van der Waals surface area (Å²) in [5, 5.41) is 14.3. The Labute approximate surface area is 135 Å². The third-order valence-electron chi connectivity index (χ3n) is 2.91. The number of anilines is 1. The topological polar surface area (TPSA) is 72.7 Å². The van der Waals surface area contributed by atoms with E-state index in [9.17, 15) is 9.18 Å². The standard InChI is InChI=1S/C15H12FN5OS/c16-12-8-4-5-9-13(12)21-15(18-19-20-21)23-10-14(22)17-11-6-2-1-3-7-11/h1-9H,10H2,(H,17,22). The zero-order chi connectivity index (χ0) is 16.1. The maximum Gasteiger partial charge on any atom is 0.234 e. The Morgan fingerprint density at radius 1 is 1.13 bits per heavy atom. The van der Waals surface area contributed by atoms with E-state index in [2.05, 4.69) is 20.8 Å². The minimum absolute atomic E-state index is 0.115. The molecule has 0 saturated heterocycles. The van der Waals surface area contributed by atoms with Crippen LogP contribution < -0.4 is 5.32 Å². The average Bonchev–Trinajstić information content (AvgIpc) is 3.03. The molecule has 1 amide bonds. The second-order valence-electron chi connectivity index (χ2n) is 4.53. The van der Waals surface area contributed by atoms with Gasteiger partial charge in [-0.05, 0) is 34.7 Å². The van der Waals surface area contributed by atoms with E-state index in [0.29, 0.717) is 10.8 Å². The number of carbonyl (C=O) groups is 1. The highest BCUT2D eigenvalue weighted by Gasteiger charge is 2.14. The van der Waals surface area contributed by atoms with Crippen LogP contribution in [0, 0.1) is 5.82 Å². The van der Waals surface area contributed by atoms with Crippen LogP contribution in [0.25, 0.3) is 5.69 Å². The highest BCUT2D eigenvalue weighted by atomic mass is 32.2. The molecule has 0 bridgehead atoms. The van der Waals surface area contributed by atoms with Gasteiger partial charge in [0, 0.05) is 5.69 Å². The van der Waals surface area contributed by atoms with Crippen molar-refractivity contribution in [3.05, 3.63) is 60.4 Å². The average molecular weight is 329 g/mol. The largest absolute Gasteiger partial charge is 0.325 e. The highest BCUT2D eigenvalue weighted by molar-refractivity contribution is 7.99. The number of amides is 1. The lowest BCUT2D eigenvalue weighted by Gasteiger charge is -2.06. The van der Waals surface area contributed by atoms with Crippen molar-refractivity contribution in [3.63, 3.8) is 0 Å². The number of carbonyl (C=O) groups excluding carboxylic acids is 1. The number of aromatic nitrogens is 4. The predicted octanol–water partition coefficient (Wildman–Crippen LogP) is 2.53. The van der Waals surface area contributed by atoms with Gasteiger partial charge in [-0.1, -0.05) is 42.1 Å². The first-order chi connectivity index (χ1) is 11.2. The first-order valence-corrected chi connectivity index (χ1v) is 7.73. The van der Waals surface area contributed by atoms with Gasteiger partial charge in [0.25, 0.3) is 0 Å². The number of hydrogen-bond acceptors (Lipinski definition) is 5. The molecule has 0 unspecified atom stereocenters. The molecule has 23 heavy (non-hydrogen) atoms. The number of hydrogen-bond donors (Lipinski definition) is 1. The van der Waals surface area contributed by atoms with Crippen LogP contribution in [-0.2, 0) is 4.79 Å². The van der Waals surface area contributed by atoms with Gasteiger partial charge in [0.15, 0.2) is 0 Å². The first kappa shape index (κ1) is 15.2. The molecule has 1 N–H and O–H groups in total. The van der Waals surface area contributed by atoms with E-state index in [1.54, 1.807) is 30.3 Å². The van der Waals surface area contributed by atoms with E-state index in [4.69, 9.17) is 0 Å². The summed E-state index contributed by atoms with van der Waals surface area (Å²) >= 11 is 1.13. The Morgan fingerprint density at radius 3 is 2.65 bits per heavy atom. The second-order valence-corrected chi connectivity index (χ2v) is 5.47. The summed E-state index contributed by atoms with van der Waals surface area (Å²) in [6, 6.07) is 15.3. The Morgan fingerprint density at radius 2 is 1.87 bits per heavy atom. The molecule has 0 aliphatic heterocycles. The number of benzene rings is 2. The minimum Gasteiger partial charge on any atom is -0.325 e. The van der Waals surface area contributed by atoms with Crippen LogP contribution in [0.3, 0.4) is 0 Å². The third-order valence-corrected chi connectivity index (χ3v) is 3.83. The lowest BCUT2D eigenvalue weighted by Crippen LogP contribution is -2.14. The SMILES string of the molecule is O=C(CSc1nnnn1-c1ccccc1F)Nc1ccccc1. The fraction of sp³-hybridized carbons (Fsp3) is 0.0667. The molecule has 0 spiro atoms. The number of nitrogens with zero attached hydrogens (tertiary/aromatic N) is 4. The fourth-order valence-corrected chi connectivity index (χ4v) is 2.58. The van der Waals surface area contributed by atoms with Crippen molar-refractivity contribution in [2.45, 2.75) is 5.16 Å². The van der Waals surface area contributed by atoms with Crippen molar-refractivity contribution < 1.29 is 9.18 Å². The molecule has 3 rings (SSSR count). The number of halogens is 1. The molecule has 0 aliphatic carbocycles. The van der Waals surface area contributed by atoms with Crippen LogP contribution in [0.1, 0.15) is 0 Å². The van der Waals surface area contributed by atoms with Crippen molar-refractivity contribution in [1.29, 1.82) is 0 Å². The molecule has 0 saturated carbocycles. The van der Waals surface area contributed by atoms with Crippen LogP contribution in [0.15, 0.2) is 59.8 Å². The minimum atomic E-state index is -0.435. The van der Waals surface area contributed by atoms with E-state index < -0.39 is 5.82 Å². The smallest absolute Gasteiger partial charge is 0.234 e. The van der Waals surface area contributed by atoms with Gasteiger partial charge in [0.05, 0.1) is 5.75 Å². The lowest BCUT2D eigenvalue weighted by atomic mass is 10.3. The molecule has 1 heterocycles. The van der Waals surface area contributed by atoms with Crippen LogP contribution in [-0.4, -0.2) is 31.9 Å². The molecule has 2 aromatic carbocycles. The van der Waals surface area contributed by atoms with E-state index in [1.165, 1.54) is 10.7 Å². The van der Waals surface area contributed by atoms with E-state index in [-0.39, 0.29) is 17.3 Å². The quantitative estimate of drug-likeness (QED) is 0.728. The summed E-state index contributed by atoms with van der Waals surface area (Å²) in [6.45, 7) is 0. The Hall–Kier alpha value is -2.74. The van der Waals surface area contributed by atoms with Gasteiger partial charge < -0.3 is 5.32 Å². The van der Waals surface area contributed by atoms with Gasteiger partial charge in [-0.2, -0.15) is 4.68 Å². The van der Waals surface area contributed by atoms with Crippen LogP contribution in [0.2, 0.25) is 0 Å². The van der Waals surface area contributed by atoms with Gasteiger partial charge in [-0.25, -0.2) is 4.39 Å². The summed E-state index contributed by atoms with van der Waals surface area (Å²) in [5.74, 6) is -0.511. The summed E-state index contributed by atoms with van der Waals surface area (Å²) in [6.07, 6.45) is 0. The van der Waals surface area contributed by atoms with Crippen molar-refractivity contribution in [2.24, 2.45) is 0 Å². The molecular formula is C15H12FN5OS. The number of thioether (sulfide) groups is 1. The van der Waals surface area contributed by atoms with Crippen molar-refractivity contribution in [2.75, 3.05) is 11.1 Å². The summed E-state index contributed by atoms with van der Waals surface area (Å²) in [4.78, 5) is 11.9. The Balaban J connectivity index is 1.67. The van der Waals surface area contributed by atoms with E-state index in [0.717, 1.165) is 11.8 Å². The lowest BCUT2D eigenvalue weighted by molar-refractivity contribution is -0.113. The molecule has 8 heteroatoms. The number of tetrazole rings is 1. The third kappa shape index (κ3) is 3.72. The monoisotopic (exact) mass is 329 g/mol. The van der Waals surface area contributed by atoms with Gasteiger partial charge in [0.1, 0.15) is 11.5 Å². The molecule has 6 nitrogen and oxygen atoms in total. The molecule has 0 fully saturated rings. The molecule has 0 atom stereocenters. The summed E-state index contributed by atoms with van der Waals surface area (Å²) in [7, 11) is 0. The number of nitrogens with one attached hydrogen (secondary N) is 1. The van der Waals surface area contributed by atoms with Crippen LogP contribution >= 0.6 is 11.8 Å². The summed E-state index contributed by atoms with van der Waals surface area (Å²) in [5.41, 5.74) is 0.954. The van der Waals surface area contributed by atoms with E-state index in [1.807, 2.05) is 18.2 Å². The van der Waals surface area contributed by atoms with Crippen molar-refractivity contribution in [3.8, 4) is 5.69 Å².